The van der Waals surface area contributed by atoms with Gasteiger partial charge in [-0.1, -0.05) is 36.0 Å². The van der Waals surface area contributed by atoms with Crippen LogP contribution in [0.2, 0.25) is 0 Å². The first-order valence-electron chi connectivity index (χ1n) is 7.23. The predicted molar refractivity (Wildman–Crippen MR) is 97.2 cm³/mol. The van der Waals surface area contributed by atoms with Crippen LogP contribution in [0.4, 0.5) is 0 Å². The lowest BCUT2D eigenvalue weighted by atomic mass is 10.1. The summed E-state index contributed by atoms with van der Waals surface area (Å²) in [4.78, 5) is 4.74. The van der Waals surface area contributed by atoms with Crippen molar-refractivity contribution in [1.82, 2.24) is 9.55 Å². The van der Waals surface area contributed by atoms with Gasteiger partial charge in [0.05, 0.1) is 17.6 Å². The van der Waals surface area contributed by atoms with E-state index in [1.807, 2.05) is 17.4 Å². The zero-order valence-electron chi connectivity index (χ0n) is 12.5. The van der Waals surface area contributed by atoms with Gasteiger partial charge in [-0.25, -0.2) is 4.98 Å². The summed E-state index contributed by atoms with van der Waals surface area (Å²) in [6, 6.07) is 14.9. The molecule has 4 aromatic rings. The second kappa shape index (κ2) is 5.45. The van der Waals surface area contributed by atoms with Crippen molar-refractivity contribution in [2.75, 3.05) is 6.26 Å². The zero-order valence-corrected chi connectivity index (χ0v) is 14.2. The van der Waals surface area contributed by atoms with Crippen molar-refractivity contribution < 1.29 is 0 Å². The summed E-state index contributed by atoms with van der Waals surface area (Å²) in [5.74, 6) is 0. The fraction of sp³-hybridized carbons (Fsp3) is 0.167. The summed E-state index contributed by atoms with van der Waals surface area (Å²) in [5, 5.41) is 4.77. The van der Waals surface area contributed by atoms with Crippen molar-refractivity contribution in [3.63, 3.8) is 0 Å². The number of fused-ring (bicyclic) bond motifs is 2. The Morgan fingerprint density at radius 3 is 2.86 bits per heavy atom. The van der Waals surface area contributed by atoms with E-state index in [1.165, 1.54) is 26.7 Å². The molecule has 0 saturated carbocycles. The molecule has 0 atom stereocenters. The highest BCUT2D eigenvalue weighted by Gasteiger charge is 2.13. The number of thioether (sulfide) groups is 1. The van der Waals surface area contributed by atoms with E-state index >= 15 is 0 Å². The molecular formula is C18H16N2S2. The molecule has 0 aliphatic rings. The number of benzene rings is 2. The van der Waals surface area contributed by atoms with Gasteiger partial charge in [0.15, 0.2) is 5.16 Å². The van der Waals surface area contributed by atoms with E-state index in [-0.39, 0.29) is 0 Å². The molecule has 0 amide bonds. The Bertz CT molecular complexity index is 966. The first kappa shape index (κ1) is 13.9. The smallest absolute Gasteiger partial charge is 0.169 e. The largest absolute Gasteiger partial charge is 0.314 e. The fourth-order valence-electron chi connectivity index (χ4n) is 2.99. The molecule has 2 aromatic carbocycles. The SMILES string of the molecule is CSc1nc2ccccc2n1Cc1csc2cccc(C)c12. The summed E-state index contributed by atoms with van der Waals surface area (Å²) in [7, 11) is 0. The van der Waals surface area contributed by atoms with Crippen LogP contribution in [0, 0.1) is 6.92 Å². The van der Waals surface area contributed by atoms with Gasteiger partial charge < -0.3 is 4.57 Å². The van der Waals surface area contributed by atoms with Gasteiger partial charge in [0, 0.05) is 10.1 Å². The number of hydrogen-bond acceptors (Lipinski definition) is 3. The maximum absolute atomic E-state index is 4.74. The predicted octanol–water partition coefficient (Wildman–Crippen LogP) is 5.33. The quantitative estimate of drug-likeness (QED) is 0.474. The fourth-order valence-corrected chi connectivity index (χ4v) is 4.59. The van der Waals surface area contributed by atoms with Crippen LogP contribution < -0.4 is 0 Å². The van der Waals surface area contributed by atoms with E-state index in [1.54, 1.807) is 11.8 Å². The van der Waals surface area contributed by atoms with Crippen LogP contribution >= 0.6 is 23.1 Å². The van der Waals surface area contributed by atoms with Gasteiger partial charge in [-0.15, -0.1) is 11.3 Å². The normalized spacial score (nSPS) is 11.5. The minimum atomic E-state index is 0.877. The van der Waals surface area contributed by atoms with Crippen LogP contribution in [0.1, 0.15) is 11.1 Å². The number of nitrogens with zero attached hydrogens (tertiary/aromatic N) is 2. The summed E-state index contributed by atoms with van der Waals surface area (Å²) < 4.78 is 3.69. The molecule has 0 N–H and O–H groups in total. The number of imidazole rings is 1. The van der Waals surface area contributed by atoms with Crippen LogP contribution in [-0.2, 0) is 6.54 Å². The molecule has 0 fully saturated rings. The van der Waals surface area contributed by atoms with Gasteiger partial charge in [-0.3, -0.25) is 0 Å². The Morgan fingerprint density at radius 1 is 1.14 bits per heavy atom. The molecule has 0 spiro atoms. The highest BCUT2D eigenvalue weighted by molar-refractivity contribution is 7.98. The first-order chi connectivity index (χ1) is 10.8. The average Bonchev–Trinajstić information content (AvgIpc) is 3.11. The Morgan fingerprint density at radius 2 is 2.00 bits per heavy atom. The minimum Gasteiger partial charge on any atom is -0.314 e. The molecular weight excluding hydrogens is 308 g/mol. The highest BCUT2D eigenvalue weighted by Crippen LogP contribution is 2.31. The number of hydrogen-bond donors (Lipinski definition) is 0. The standard InChI is InChI=1S/C18H16N2S2/c1-12-6-5-9-16-17(12)13(11-22-16)10-20-15-8-4-3-7-14(15)19-18(20)21-2/h3-9,11H,10H2,1-2H3. The molecule has 0 radical (unpaired) electrons. The van der Waals surface area contributed by atoms with E-state index in [0.717, 1.165) is 17.2 Å². The van der Waals surface area contributed by atoms with Gasteiger partial charge in [-0.05, 0) is 47.9 Å². The topological polar surface area (TPSA) is 17.8 Å². The third-order valence-electron chi connectivity index (χ3n) is 4.01. The summed E-state index contributed by atoms with van der Waals surface area (Å²) >= 11 is 3.54. The molecule has 2 aromatic heterocycles. The molecule has 0 bridgehead atoms. The van der Waals surface area contributed by atoms with Crippen LogP contribution in [0.25, 0.3) is 21.1 Å². The number of aryl methyl sites for hydroxylation is 1. The Balaban J connectivity index is 1.89. The molecule has 0 saturated heterocycles. The molecule has 4 rings (SSSR count). The first-order valence-corrected chi connectivity index (χ1v) is 9.33. The Hall–Kier alpha value is -1.78. The van der Waals surface area contributed by atoms with Crippen molar-refractivity contribution in [2.45, 2.75) is 18.6 Å². The average molecular weight is 324 g/mol. The van der Waals surface area contributed by atoms with Crippen LogP contribution in [-0.4, -0.2) is 15.8 Å². The van der Waals surface area contributed by atoms with Gasteiger partial charge in [-0.2, -0.15) is 0 Å². The number of rotatable bonds is 3. The van der Waals surface area contributed by atoms with Crippen LogP contribution in [0.5, 0.6) is 0 Å². The minimum absolute atomic E-state index is 0.877. The van der Waals surface area contributed by atoms with E-state index in [4.69, 9.17) is 4.98 Å². The molecule has 2 nitrogen and oxygen atoms in total. The Kier molecular flexibility index (Phi) is 3.43. The molecule has 0 unspecified atom stereocenters. The van der Waals surface area contributed by atoms with Crippen molar-refractivity contribution in [3.8, 4) is 0 Å². The lowest BCUT2D eigenvalue weighted by Crippen LogP contribution is -2.01. The van der Waals surface area contributed by atoms with Crippen molar-refractivity contribution >= 4 is 44.2 Å². The van der Waals surface area contributed by atoms with Crippen molar-refractivity contribution in [2.24, 2.45) is 0 Å². The lowest BCUT2D eigenvalue weighted by molar-refractivity contribution is 0.737. The maximum atomic E-state index is 4.74. The molecule has 4 heteroatoms. The van der Waals surface area contributed by atoms with Crippen LogP contribution in [0.3, 0.4) is 0 Å². The lowest BCUT2D eigenvalue weighted by Gasteiger charge is -2.08. The third kappa shape index (κ3) is 2.14. The molecule has 2 heterocycles. The third-order valence-corrected chi connectivity index (χ3v) is 5.69. The van der Waals surface area contributed by atoms with E-state index in [9.17, 15) is 0 Å². The van der Waals surface area contributed by atoms with E-state index in [2.05, 4.69) is 59.5 Å². The Labute approximate surface area is 137 Å². The van der Waals surface area contributed by atoms with E-state index in [0.29, 0.717) is 0 Å². The number of thiophene rings is 1. The molecule has 22 heavy (non-hydrogen) atoms. The summed E-state index contributed by atoms with van der Waals surface area (Å²) in [5.41, 5.74) is 5.02. The van der Waals surface area contributed by atoms with Gasteiger partial charge in [0.1, 0.15) is 0 Å². The van der Waals surface area contributed by atoms with Crippen molar-refractivity contribution in [3.05, 3.63) is 59.0 Å². The number of para-hydroxylation sites is 2. The molecule has 0 aliphatic heterocycles. The molecule has 0 aliphatic carbocycles. The van der Waals surface area contributed by atoms with Gasteiger partial charge >= 0.3 is 0 Å². The highest BCUT2D eigenvalue weighted by atomic mass is 32.2. The second-order valence-electron chi connectivity index (χ2n) is 5.38. The second-order valence-corrected chi connectivity index (χ2v) is 7.07. The monoisotopic (exact) mass is 324 g/mol. The van der Waals surface area contributed by atoms with Gasteiger partial charge in [0.25, 0.3) is 0 Å². The zero-order chi connectivity index (χ0) is 15.1. The summed E-state index contributed by atoms with van der Waals surface area (Å²) in [6.07, 6.45) is 2.09. The van der Waals surface area contributed by atoms with Gasteiger partial charge in [0.2, 0.25) is 0 Å². The number of aromatic nitrogens is 2. The van der Waals surface area contributed by atoms with Crippen molar-refractivity contribution in [1.29, 1.82) is 0 Å². The van der Waals surface area contributed by atoms with Crippen LogP contribution in [0.15, 0.2) is 53.0 Å². The van der Waals surface area contributed by atoms with E-state index < -0.39 is 0 Å². The summed E-state index contributed by atoms with van der Waals surface area (Å²) in [6.45, 7) is 3.07. The maximum Gasteiger partial charge on any atom is 0.169 e. The molecule has 110 valence electrons.